The van der Waals surface area contributed by atoms with Gasteiger partial charge in [-0.1, -0.05) is 53.5 Å². The predicted octanol–water partition coefficient (Wildman–Crippen LogP) is 4.38. The average Bonchev–Trinajstić information content (AvgIpc) is 2.51. The van der Waals surface area contributed by atoms with Crippen LogP contribution in [0.2, 0.25) is 10.0 Å². The topological polar surface area (TPSA) is 41.5 Å². The lowest BCUT2D eigenvalue weighted by Gasteiger charge is -2.02. The smallest absolute Gasteiger partial charge is 0.250 e. The zero-order valence-corrected chi connectivity index (χ0v) is 14.0. The number of halogens is 2. The van der Waals surface area contributed by atoms with Crippen molar-refractivity contribution >= 4 is 47.1 Å². The summed E-state index contributed by atoms with van der Waals surface area (Å²) < 4.78 is 0. The van der Waals surface area contributed by atoms with Gasteiger partial charge in [0.2, 0.25) is 5.91 Å². The Hall–Kier alpha value is -1.49. The van der Waals surface area contributed by atoms with E-state index in [4.69, 9.17) is 23.2 Å². The molecule has 0 atom stereocenters. The Labute approximate surface area is 143 Å². The summed E-state index contributed by atoms with van der Waals surface area (Å²) in [6, 6.07) is 14.9. The van der Waals surface area contributed by atoms with E-state index in [1.807, 2.05) is 42.5 Å². The van der Waals surface area contributed by atoms with Crippen LogP contribution in [0.3, 0.4) is 0 Å². The number of nitrogens with zero attached hydrogens (tertiary/aromatic N) is 1. The van der Waals surface area contributed by atoms with Crippen molar-refractivity contribution in [2.75, 3.05) is 5.75 Å². The molecule has 0 aliphatic heterocycles. The first-order valence-electron chi connectivity index (χ1n) is 6.54. The van der Waals surface area contributed by atoms with E-state index in [1.54, 1.807) is 6.07 Å². The van der Waals surface area contributed by atoms with Crippen molar-refractivity contribution in [2.24, 2.45) is 5.10 Å². The van der Waals surface area contributed by atoms with Gasteiger partial charge in [-0.25, -0.2) is 5.43 Å². The molecule has 0 saturated heterocycles. The maximum absolute atomic E-state index is 11.7. The summed E-state index contributed by atoms with van der Waals surface area (Å²) in [5, 5.41) is 5.20. The predicted molar refractivity (Wildman–Crippen MR) is 94.8 cm³/mol. The third-order valence-corrected chi connectivity index (χ3v) is 4.31. The molecule has 2 aromatic carbocycles. The van der Waals surface area contributed by atoms with Gasteiger partial charge in [0.1, 0.15) is 0 Å². The van der Waals surface area contributed by atoms with E-state index in [9.17, 15) is 4.79 Å². The molecule has 0 unspecified atom stereocenters. The summed E-state index contributed by atoms with van der Waals surface area (Å²) in [5.74, 6) is 0.934. The van der Waals surface area contributed by atoms with Gasteiger partial charge in [-0.2, -0.15) is 5.10 Å². The van der Waals surface area contributed by atoms with Gasteiger partial charge in [0.05, 0.1) is 12.0 Å². The minimum absolute atomic E-state index is 0.151. The summed E-state index contributed by atoms with van der Waals surface area (Å²) in [5.41, 5.74) is 4.37. The molecule has 1 amide bonds. The fraction of sp³-hybridized carbons (Fsp3) is 0.125. The van der Waals surface area contributed by atoms with E-state index in [0.29, 0.717) is 15.8 Å². The Balaban J connectivity index is 1.72. The van der Waals surface area contributed by atoms with Crippen LogP contribution in [-0.2, 0) is 10.5 Å². The normalized spacial score (nSPS) is 10.8. The minimum atomic E-state index is -0.151. The zero-order chi connectivity index (χ0) is 15.8. The first-order valence-corrected chi connectivity index (χ1v) is 8.45. The lowest BCUT2D eigenvalue weighted by atomic mass is 10.2. The lowest BCUT2D eigenvalue weighted by Crippen LogP contribution is -2.19. The standard InChI is InChI=1S/C16H14Cl2N2OS/c17-14-7-5-12(6-8-14)10-22-11-16(21)20-19-9-13-3-1-2-4-15(13)18/h1-9H,10-11H2,(H,20,21)/b19-9-. The van der Waals surface area contributed by atoms with Gasteiger partial charge in [-0.15, -0.1) is 11.8 Å². The molecular formula is C16H14Cl2N2OS. The third kappa shape index (κ3) is 5.72. The highest BCUT2D eigenvalue weighted by atomic mass is 35.5. The van der Waals surface area contributed by atoms with E-state index in [-0.39, 0.29) is 5.91 Å². The first kappa shape index (κ1) is 16.9. The first-order chi connectivity index (χ1) is 10.6. The summed E-state index contributed by atoms with van der Waals surface area (Å²) in [4.78, 5) is 11.7. The number of carbonyl (C=O) groups excluding carboxylic acids is 1. The molecule has 0 aliphatic carbocycles. The van der Waals surface area contributed by atoms with Crippen molar-refractivity contribution in [3.05, 3.63) is 69.7 Å². The molecular weight excluding hydrogens is 339 g/mol. The van der Waals surface area contributed by atoms with Crippen LogP contribution in [0.15, 0.2) is 53.6 Å². The molecule has 0 spiro atoms. The molecule has 0 aliphatic rings. The molecule has 0 fully saturated rings. The van der Waals surface area contributed by atoms with Crippen LogP contribution < -0.4 is 5.43 Å². The largest absolute Gasteiger partial charge is 0.272 e. The van der Waals surface area contributed by atoms with E-state index < -0.39 is 0 Å². The molecule has 2 aromatic rings. The number of hydrogen-bond acceptors (Lipinski definition) is 3. The van der Waals surface area contributed by atoms with Gasteiger partial charge in [0, 0.05) is 21.4 Å². The van der Waals surface area contributed by atoms with Gasteiger partial charge in [-0.05, 0) is 23.8 Å². The molecule has 3 nitrogen and oxygen atoms in total. The fourth-order valence-corrected chi connectivity index (χ4v) is 2.72. The maximum atomic E-state index is 11.7. The molecule has 22 heavy (non-hydrogen) atoms. The highest BCUT2D eigenvalue weighted by Gasteiger charge is 2.01. The Morgan fingerprint density at radius 2 is 1.86 bits per heavy atom. The van der Waals surface area contributed by atoms with Gasteiger partial charge >= 0.3 is 0 Å². The minimum Gasteiger partial charge on any atom is -0.272 e. The SMILES string of the molecule is O=C(CSCc1ccc(Cl)cc1)N/N=C\c1ccccc1Cl. The van der Waals surface area contributed by atoms with E-state index in [2.05, 4.69) is 10.5 Å². The van der Waals surface area contributed by atoms with Crippen LogP contribution in [0.1, 0.15) is 11.1 Å². The van der Waals surface area contributed by atoms with Crippen molar-refractivity contribution in [1.29, 1.82) is 0 Å². The Morgan fingerprint density at radius 1 is 1.14 bits per heavy atom. The summed E-state index contributed by atoms with van der Waals surface area (Å²) in [6.07, 6.45) is 1.53. The number of hydrazone groups is 1. The number of benzene rings is 2. The number of amides is 1. The molecule has 6 heteroatoms. The molecule has 0 aromatic heterocycles. The van der Waals surface area contributed by atoms with Gasteiger partial charge in [0.25, 0.3) is 0 Å². The lowest BCUT2D eigenvalue weighted by molar-refractivity contribution is -0.118. The maximum Gasteiger partial charge on any atom is 0.250 e. The van der Waals surface area contributed by atoms with Gasteiger partial charge in [-0.3, -0.25) is 4.79 Å². The van der Waals surface area contributed by atoms with Crippen LogP contribution in [0.4, 0.5) is 0 Å². The summed E-state index contributed by atoms with van der Waals surface area (Å²) >= 11 is 13.3. The van der Waals surface area contributed by atoms with Crippen molar-refractivity contribution < 1.29 is 4.79 Å². The van der Waals surface area contributed by atoms with Crippen LogP contribution in [0.5, 0.6) is 0 Å². The Bertz CT molecular complexity index is 659. The van der Waals surface area contributed by atoms with Crippen molar-refractivity contribution in [1.82, 2.24) is 5.43 Å². The molecule has 0 heterocycles. The van der Waals surface area contributed by atoms with Gasteiger partial charge in [0.15, 0.2) is 0 Å². The van der Waals surface area contributed by atoms with Crippen molar-refractivity contribution in [2.45, 2.75) is 5.75 Å². The number of hydrogen-bond donors (Lipinski definition) is 1. The number of carbonyl (C=O) groups is 1. The van der Waals surface area contributed by atoms with E-state index in [0.717, 1.165) is 16.9 Å². The summed E-state index contributed by atoms with van der Waals surface area (Å²) in [6.45, 7) is 0. The van der Waals surface area contributed by atoms with E-state index in [1.165, 1.54) is 18.0 Å². The zero-order valence-electron chi connectivity index (χ0n) is 11.6. The van der Waals surface area contributed by atoms with Gasteiger partial charge < -0.3 is 0 Å². The van der Waals surface area contributed by atoms with Crippen LogP contribution >= 0.6 is 35.0 Å². The molecule has 2 rings (SSSR count). The highest BCUT2D eigenvalue weighted by molar-refractivity contribution is 7.99. The van der Waals surface area contributed by atoms with E-state index >= 15 is 0 Å². The Kier molecular flexibility index (Phi) is 6.77. The third-order valence-electron chi connectivity index (χ3n) is 2.71. The summed E-state index contributed by atoms with van der Waals surface area (Å²) in [7, 11) is 0. The number of rotatable bonds is 6. The second-order valence-corrected chi connectivity index (χ2v) is 6.26. The second kappa shape index (κ2) is 8.83. The number of nitrogens with one attached hydrogen (secondary N) is 1. The molecule has 0 bridgehead atoms. The molecule has 1 N–H and O–H groups in total. The second-order valence-electron chi connectivity index (χ2n) is 4.43. The molecule has 0 radical (unpaired) electrons. The van der Waals surface area contributed by atoms with Crippen LogP contribution in [-0.4, -0.2) is 17.9 Å². The van der Waals surface area contributed by atoms with Crippen molar-refractivity contribution in [3.8, 4) is 0 Å². The van der Waals surface area contributed by atoms with Crippen molar-refractivity contribution in [3.63, 3.8) is 0 Å². The quantitative estimate of drug-likeness (QED) is 0.619. The fourth-order valence-electron chi connectivity index (χ4n) is 1.63. The molecule has 114 valence electrons. The van der Waals surface area contributed by atoms with Crippen LogP contribution in [0, 0.1) is 0 Å². The Morgan fingerprint density at radius 3 is 2.59 bits per heavy atom. The van der Waals surface area contributed by atoms with Crippen LogP contribution in [0.25, 0.3) is 0 Å². The number of thioether (sulfide) groups is 1. The highest BCUT2D eigenvalue weighted by Crippen LogP contribution is 2.15. The average molecular weight is 353 g/mol. The molecule has 0 saturated carbocycles. The monoisotopic (exact) mass is 352 g/mol.